The zero-order valence-corrected chi connectivity index (χ0v) is 11.0. The first-order valence-corrected chi connectivity index (χ1v) is 6.31. The number of rotatable bonds is 4. The van der Waals surface area contributed by atoms with Gasteiger partial charge in [-0.3, -0.25) is 4.79 Å². The van der Waals surface area contributed by atoms with Crippen LogP contribution in [0.3, 0.4) is 0 Å². The Morgan fingerprint density at radius 3 is 3.11 bits per heavy atom. The van der Waals surface area contributed by atoms with E-state index in [1.165, 1.54) is 0 Å². The number of methoxy groups -OCH3 is 1. The van der Waals surface area contributed by atoms with E-state index in [-0.39, 0.29) is 12.0 Å². The number of ether oxygens (including phenoxy) is 2. The summed E-state index contributed by atoms with van der Waals surface area (Å²) >= 11 is 6.09. The van der Waals surface area contributed by atoms with Crippen LogP contribution >= 0.6 is 11.6 Å². The van der Waals surface area contributed by atoms with Crippen molar-refractivity contribution in [2.75, 3.05) is 13.7 Å². The molecule has 1 amide bonds. The largest absolute Gasteiger partial charge is 0.496 e. The molecule has 0 spiro atoms. The van der Waals surface area contributed by atoms with Crippen LogP contribution in [-0.4, -0.2) is 25.7 Å². The Labute approximate surface area is 111 Å². The van der Waals surface area contributed by atoms with Crippen LogP contribution in [0.4, 0.5) is 0 Å². The number of carbonyl (C=O) groups is 1. The van der Waals surface area contributed by atoms with Gasteiger partial charge in [0.2, 0.25) is 5.91 Å². The van der Waals surface area contributed by atoms with E-state index in [0.717, 1.165) is 18.4 Å². The molecule has 0 aliphatic carbocycles. The van der Waals surface area contributed by atoms with Crippen LogP contribution in [-0.2, 0) is 16.1 Å². The van der Waals surface area contributed by atoms with Gasteiger partial charge in [-0.05, 0) is 25.0 Å². The highest BCUT2D eigenvalue weighted by atomic mass is 35.5. The normalized spacial score (nSPS) is 18.7. The Hall–Kier alpha value is -1.26. The SMILES string of the molecule is COc1cccc(Cl)c1CNC(=O)[C@@H]1CCCO1. The number of hydrogen-bond acceptors (Lipinski definition) is 3. The van der Waals surface area contributed by atoms with E-state index < -0.39 is 0 Å². The third-order valence-electron chi connectivity index (χ3n) is 2.96. The van der Waals surface area contributed by atoms with Crippen molar-refractivity contribution in [3.8, 4) is 5.75 Å². The molecule has 1 N–H and O–H groups in total. The quantitative estimate of drug-likeness (QED) is 0.911. The van der Waals surface area contributed by atoms with Gasteiger partial charge in [0.1, 0.15) is 11.9 Å². The zero-order valence-electron chi connectivity index (χ0n) is 10.2. The fourth-order valence-corrected chi connectivity index (χ4v) is 2.21. The molecule has 0 unspecified atom stereocenters. The standard InChI is InChI=1S/C13H16ClNO3/c1-17-11-5-2-4-10(14)9(11)8-15-13(16)12-6-3-7-18-12/h2,4-5,12H,3,6-8H2,1H3,(H,15,16)/t12-/m0/s1. The molecule has 1 atom stereocenters. The maximum absolute atomic E-state index is 11.8. The van der Waals surface area contributed by atoms with Gasteiger partial charge in [0, 0.05) is 23.7 Å². The summed E-state index contributed by atoms with van der Waals surface area (Å²) in [5.41, 5.74) is 0.785. The van der Waals surface area contributed by atoms with E-state index in [9.17, 15) is 4.79 Å². The first-order chi connectivity index (χ1) is 8.72. The Balaban J connectivity index is 1.99. The van der Waals surface area contributed by atoms with Gasteiger partial charge in [-0.15, -0.1) is 0 Å². The summed E-state index contributed by atoms with van der Waals surface area (Å²) in [5, 5.41) is 3.41. The number of amides is 1. The van der Waals surface area contributed by atoms with Gasteiger partial charge < -0.3 is 14.8 Å². The number of carbonyl (C=O) groups excluding carboxylic acids is 1. The van der Waals surface area contributed by atoms with E-state index in [1.54, 1.807) is 13.2 Å². The second-order valence-electron chi connectivity index (χ2n) is 4.14. The van der Waals surface area contributed by atoms with Crippen molar-refractivity contribution in [1.29, 1.82) is 0 Å². The minimum atomic E-state index is -0.321. The Morgan fingerprint density at radius 1 is 1.61 bits per heavy atom. The minimum Gasteiger partial charge on any atom is -0.496 e. The van der Waals surface area contributed by atoms with Crippen molar-refractivity contribution < 1.29 is 14.3 Å². The van der Waals surface area contributed by atoms with Gasteiger partial charge >= 0.3 is 0 Å². The lowest BCUT2D eigenvalue weighted by Crippen LogP contribution is -2.33. The average Bonchev–Trinajstić information content (AvgIpc) is 2.90. The Kier molecular flexibility index (Phi) is 4.44. The summed E-state index contributed by atoms with van der Waals surface area (Å²) < 4.78 is 10.5. The molecule has 1 saturated heterocycles. The molecule has 2 rings (SSSR count). The topological polar surface area (TPSA) is 47.6 Å². The highest BCUT2D eigenvalue weighted by Crippen LogP contribution is 2.26. The number of hydrogen-bond donors (Lipinski definition) is 1. The molecule has 1 heterocycles. The highest BCUT2D eigenvalue weighted by Gasteiger charge is 2.23. The molecular weight excluding hydrogens is 254 g/mol. The fraction of sp³-hybridized carbons (Fsp3) is 0.462. The third-order valence-corrected chi connectivity index (χ3v) is 3.31. The summed E-state index contributed by atoms with van der Waals surface area (Å²) in [7, 11) is 1.58. The van der Waals surface area contributed by atoms with Crippen molar-refractivity contribution in [3.05, 3.63) is 28.8 Å². The van der Waals surface area contributed by atoms with E-state index >= 15 is 0 Å². The van der Waals surface area contributed by atoms with Gasteiger partial charge in [0.25, 0.3) is 0 Å². The molecule has 0 saturated carbocycles. The molecule has 1 aromatic carbocycles. The molecule has 0 radical (unpaired) electrons. The molecule has 5 heteroatoms. The molecule has 0 aromatic heterocycles. The lowest BCUT2D eigenvalue weighted by Gasteiger charge is -2.13. The number of nitrogens with one attached hydrogen (secondary N) is 1. The number of benzene rings is 1. The molecule has 1 fully saturated rings. The van der Waals surface area contributed by atoms with Gasteiger partial charge in [0.05, 0.1) is 7.11 Å². The summed E-state index contributed by atoms with van der Waals surface area (Å²) in [6.07, 6.45) is 1.40. The van der Waals surface area contributed by atoms with Crippen LogP contribution in [0.1, 0.15) is 18.4 Å². The van der Waals surface area contributed by atoms with E-state index in [0.29, 0.717) is 23.9 Å². The van der Waals surface area contributed by atoms with E-state index in [4.69, 9.17) is 21.1 Å². The van der Waals surface area contributed by atoms with Crippen molar-refractivity contribution in [3.63, 3.8) is 0 Å². The Bertz CT molecular complexity index is 430. The highest BCUT2D eigenvalue weighted by molar-refractivity contribution is 6.31. The third kappa shape index (κ3) is 2.94. The summed E-state index contributed by atoms with van der Waals surface area (Å²) in [6.45, 7) is 1.01. The molecule has 1 aliphatic heterocycles. The van der Waals surface area contributed by atoms with Crippen LogP contribution in [0, 0.1) is 0 Å². The van der Waals surface area contributed by atoms with Gasteiger partial charge in [-0.1, -0.05) is 17.7 Å². The molecule has 1 aliphatic rings. The van der Waals surface area contributed by atoms with Gasteiger partial charge in [0.15, 0.2) is 0 Å². The average molecular weight is 270 g/mol. The van der Waals surface area contributed by atoms with Crippen LogP contribution in [0.25, 0.3) is 0 Å². The Morgan fingerprint density at radius 2 is 2.44 bits per heavy atom. The molecule has 1 aromatic rings. The first-order valence-electron chi connectivity index (χ1n) is 5.93. The minimum absolute atomic E-state index is 0.0885. The van der Waals surface area contributed by atoms with Crippen molar-refractivity contribution in [2.45, 2.75) is 25.5 Å². The van der Waals surface area contributed by atoms with Gasteiger partial charge in [-0.25, -0.2) is 0 Å². The molecule has 4 nitrogen and oxygen atoms in total. The summed E-state index contributed by atoms with van der Waals surface area (Å²) in [5.74, 6) is 0.588. The molecule has 0 bridgehead atoms. The lowest BCUT2D eigenvalue weighted by molar-refractivity contribution is -0.130. The fourth-order valence-electron chi connectivity index (χ4n) is 1.98. The van der Waals surface area contributed by atoms with E-state index in [1.807, 2.05) is 12.1 Å². The summed E-state index contributed by atoms with van der Waals surface area (Å²) in [6, 6.07) is 5.41. The molecule has 18 heavy (non-hydrogen) atoms. The van der Waals surface area contributed by atoms with Crippen LogP contribution in [0.2, 0.25) is 5.02 Å². The van der Waals surface area contributed by atoms with Crippen molar-refractivity contribution in [2.24, 2.45) is 0 Å². The molecular formula is C13H16ClNO3. The van der Waals surface area contributed by atoms with Crippen LogP contribution < -0.4 is 10.1 Å². The van der Waals surface area contributed by atoms with Gasteiger partial charge in [-0.2, -0.15) is 0 Å². The molecule has 98 valence electrons. The van der Waals surface area contributed by atoms with Crippen LogP contribution in [0.15, 0.2) is 18.2 Å². The van der Waals surface area contributed by atoms with Crippen molar-refractivity contribution >= 4 is 17.5 Å². The number of halogens is 1. The predicted octanol–water partition coefficient (Wildman–Crippen LogP) is 2.14. The smallest absolute Gasteiger partial charge is 0.249 e. The maximum Gasteiger partial charge on any atom is 0.249 e. The lowest BCUT2D eigenvalue weighted by atomic mass is 10.2. The zero-order chi connectivity index (χ0) is 13.0. The second-order valence-corrected chi connectivity index (χ2v) is 4.55. The van der Waals surface area contributed by atoms with Crippen molar-refractivity contribution in [1.82, 2.24) is 5.32 Å². The van der Waals surface area contributed by atoms with Crippen LogP contribution in [0.5, 0.6) is 5.75 Å². The predicted molar refractivity (Wildman–Crippen MR) is 68.8 cm³/mol. The monoisotopic (exact) mass is 269 g/mol. The maximum atomic E-state index is 11.8. The second kappa shape index (κ2) is 6.07. The first kappa shape index (κ1) is 13.2. The van der Waals surface area contributed by atoms with E-state index in [2.05, 4.69) is 5.32 Å². The summed E-state index contributed by atoms with van der Waals surface area (Å²) in [4.78, 5) is 11.8.